The molecule has 3 aromatic rings. The number of aryl methyl sites for hydroxylation is 1. The highest BCUT2D eigenvalue weighted by Gasteiger charge is 2.04. The Morgan fingerprint density at radius 2 is 1.78 bits per heavy atom. The average molecular weight is 256 g/mol. The summed E-state index contributed by atoms with van der Waals surface area (Å²) in [6.45, 7) is 2.08. The second kappa shape index (κ2) is 4.35. The van der Waals surface area contributed by atoms with Crippen LogP contribution in [-0.4, -0.2) is 15.2 Å². The highest BCUT2D eigenvalue weighted by Crippen LogP contribution is 2.23. The standard InChI is InChI=1S/C14H10ClN3/c1-9-2-3-11-7-12(5-4-10(11)6-9)14-17-13(15)8-16-18-14/h2-8H,1H3. The first kappa shape index (κ1) is 11.1. The zero-order valence-electron chi connectivity index (χ0n) is 9.76. The monoisotopic (exact) mass is 255 g/mol. The summed E-state index contributed by atoms with van der Waals surface area (Å²) >= 11 is 5.82. The molecule has 0 N–H and O–H groups in total. The molecule has 0 aliphatic carbocycles. The summed E-state index contributed by atoms with van der Waals surface area (Å²) in [6.07, 6.45) is 1.43. The molecule has 0 fully saturated rings. The minimum absolute atomic E-state index is 0.351. The lowest BCUT2D eigenvalue weighted by atomic mass is 10.0. The second-order valence-electron chi connectivity index (χ2n) is 4.17. The molecule has 88 valence electrons. The van der Waals surface area contributed by atoms with Gasteiger partial charge in [0.15, 0.2) is 11.0 Å². The van der Waals surface area contributed by atoms with Crippen LogP contribution in [0, 0.1) is 6.92 Å². The molecule has 0 bridgehead atoms. The zero-order valence-corrected chi connectivity index (χ0v) is 10.5. The minimum atomic E-state index is 0.351. The lowest BCUT2D eigenvalue weighted by molar-refractivity contribution is 0.981. The molecular weight excluding hydrogens is 246 g/mol. The SMILES string of the molecule is Cc1ccc2cc(-c3nncc(Cl)n3)ccc2c1. The van der Waals surface area contributed by atoms with Gasteiger partial charge in [-0.1, -0.05) is 47.5 Å². The fourth-order valence-electron chi connectivity index (χ4n) is 1.91. The van der Waals surface area contributed by atoms with Crippen LogP contribution in [0.3, 0.4) is 0 Å². The summed E-state index contributed by atoms with van der Waals surface area (Å²) < 4.78 is 0. The van der Waals surface area contributed by atoms with Gasteiger partial charge < -0.3 is 0 Å². The minimum Gasteiger partial charge on any atom is -0.213 e. The van der Waals surface area contributed by atoms with Gasteiger partial charge in [-0.25, -0.2) is 4.98 Å². The molecule has 0 saturated heterocycles. The Hall–Kier alpha value is -2.00. The topological polar surface area (TPSA) is 38.7 Å². The van der Waals surface area contributed by atoms with Crippen LogP contribution in [0.25, 0.3) is 22.2 Å². The molecule has 0 aliphatic rings. The van der Waals surface area contributed by atoms with Crippen molar-refractivity contribution in [1.29, 1.82) is 0 Å². The molecule has 1 aromatic heterocycles. The lowest BCUT2D eigenvalue weighted by Gasteiger charge is -2.03. The van der Waals surface area contributed by atoms with E-state index in [2.05, 4.69) is 46.4 Å². The normalized spacial score (nSPS) is 10.8. The van der Waals surface area contributed by atoms with Gasteiger partial charge in [0.25, 0.3) is 0 Å². The van der Waals surface area contributed by atoms with Crippen molar-refractivity contribution in [2.24, 2.45) is 0 Å². The van der Waals surface area contributed by atoms with Crippen molar-refractivity contribution in [2.75, 3.05) is 0 Å². The van der Waals surface area contributed by atoms with Gasteiger partial charge in [-0.2, -0.15) is 5.10 Å². The summed E-state index contributed by atoms with van der Waals surface area (Å²) in [5, 5.41) is 10.5. The van der Waals surface area contributed by atoms with Crippen molar-refractivity contribution >= 4 is 22.4 Å². The molecule has 18 heavy (non-hydrogen) atoms. The maximum Gasteiger partial charge on any atom is 0.183 e. The third-order valence-electron chi connectivity index (χ3n) is 2.78. The molecule has 0 spiro atoms. The number of halogens is 1. The summed E-state index contributed by atoms with van der Waals surface area (Å²) in [7, 11) is 0. The molecule has 0 saturated carbocycles. The maximum absolute atomic E-state index is 5.82. The van der Waals surface area contributed by atoms with Crippen molar-refractivity contribution < 1.29 is 0 Å². The smallest absolute Gasteiger partial charge is 0.183 e. The van der Waals surface area contributed by atoms with Crippen molar-refractivity contribution in [3.8, 4) is 11.4 Å². The van der Waals surface area contributed by atoms with E-state index in [1.807, 2.05) is 12.1 Å². The highest BCUT2D eigenvalue weighted by molar-refractivity contribution is 6.29. The Morgan fingerprint density at radius 3 is 2.61 bits per heavy atom. The number of fused-ring (bicyclic) bond motifs is 1. The Bertz CT molecular complexity index is 725. The summed E-state index contributed by atoms with van der Waals surface area (Å²) in [6, 6.07) is 12.4. The van der Waals surface area contributed by atoms with Gasteiger partial charge in [0, 0.05) is 5.56 Å². The molecule has 2 aromatic carbocycles. The molecule has 0 atom stereocenters. The van der Waals surface area contributed by atoms with Crippen LogP contribution in [0.4, 0.5) is 0 Å². The lowest BCUT2D eigenvalue weighted by Crippen LogP contribution is -1.91. The molecule has 0 radical (unpaired) electrons. The van der Waals surface area contributed by atoms with Gasteiger partial charge >= 0.3 is 0 Å². The number of rotatable bonds is 1. The fraction of sp³-hybridized carbons (Fsp3) is 0.0714. The van der Waals surface area contributed by atoms with Gasteiger partial charge in [0.2, 0.25) is 0 Å². The number of hydrogen-bond donors (Lipinski definition) is 0. The van der Waals surface area contributed by atoms with Crippen LogP contribution in [-0.2, 0) is 0 Å². The first-order valence-corrected chi connectivity index (χ1v) is 5.96. The first-order valence-electron chi connectivity index (χ1n) is 5.58. The van der Waals surface area contributed by atoms with Crippen LogP contribution in [0.2, 0.25) is 5.15 Å². The molecule has 3 rings (SSSR count). The summed E-state index contributed by atoms with van der Waals surface area (Å²) in [4.78, 5) is 4.16. The van der Waals surface area contributed by atoms with Crippen LogP contribution in [0.15, 0.2) is 42.6 Å². The highest BCUT2D eigenvalue weighted by atomic mass is 35.5. The van der Waals surface area contributed by atoms with E-state index in [0.29, 0.717) is 11.0 Å². The van der Waals surface area contributed by atoms with Gasteiger partial charge in [-0.3, -0.25) is 0 Å². The Labute approximate surface area is 109 Å². The van der Waals surface area contributed by atoms with E-state index >= 15 is 0 Å². The van der Waals surface area contributed by atoms with E-state index in [-0.39, 0.29) is 0 Å². The molecule has 4 heteroatoms. The quantitative estimate of drug-likeness (QED) is 0.666. The zero-order chi connectivity index (χ0) is 12.5. The van der Waals surface area contributed by atoms with E-state index in [9.17, 15) is 0 Å². The van der Waals surface area contributed by atoms with E-state index in [4.69, 9.17) is 11.6 Å². The van der Waals surface area contributed by atoms with Gasteiger partial charge in [-0.05, 0) is 23.8 Å². The Balaban J connectivity index is 2.16. The first-order chi connectivity index (χ1) is 8.72. The molecule has 1 heterocycles. The summed E-state index contributed by atoms with van der Waals surface area (Å²) in [5.41, 5.74) is 2.16. The van der Waals surface area contributed by atoms with Gasteiger partial charge in [0.05, 0.1) is 6.20 Å². The Morgan fingerprint density at radius 1 is 1.00 bits per heavy atom. The predicted molar refractivity (Wildman–Crippen MR) is 72.5 cm³/mol. The largest absolute Gasteiger partial charge is 0.213 e. The van der Waals surface area contributed by atoms with E-state index in [1.165, 1.54) is 17.1 Å². The van der Waals surface area contributed by atoms with Crippen molar-refractivity contribution in [1.82, 2.24) is 15.2 Å². The molecule has 0 unspecified atom stereocenters. The van der Waals surface area contributed by atoms with Gasteiger partial charge in [0.1, 0.15) is 0 Å². The van der Waals surface area contributed by atoms with E-state index in [0.717, 1.165) is 10.9 Å². The van der Waals surface area contributed by atoms with Crippen LogP contribution in [0.1, 0.15) is 5.56 Å². The third-order valence-corrected chi connectivity index (χ3v) is 2.97. The van der Waals surface area contributed by atoms with Gasteiger partial charge in [-0.15, -0.1) is 5.10 Å². The number of nitrogens with zero attached hydrogens (tertiary/aromatic N) is 3. The van der Waals surface area contributed by atoms with Crippen LogP contribution < -0.4 is 0 Å². The number of aromatic nitrogens is 3. The molecule has 3 nitrogen and oxygen atoms in total. The predicted octanol–water partition coefficient (Wildman–Crippen LogP) is 3.65. The molecular formula is C14H10ClN3. The van der Waals surface area contributed by atoms with Crippen LogP contribution >= 0.6 is 11.6 Å². The number of benzene rings is 2. The fourth-order valence-corrected chi connectivity index (χ4v) is 2.03. The van der Waals surface area contributed by atoms with E-state index in [1.54, 1.807) is 0 Å². The summed E-state index contributed by atoms with van der Waals surface area (Å²) in [5.74, 6) is 0.546. The van der Waals surface area contributed by atoms with Crippen molar-refractivity contribution in [2.45, 2.75) is 6.92 Å². The third kappa shape index (κ3) is 2.05. The average Bonchev–Trinajstić information content (AvgIpc) is 2.38. The van der Waals surface area contributed by atoms with Crippen LogP contribution in [0.5, 0.6) is 0 Å². The molecule has 0 aliphatic heterocycles. The number of hydrogen-bond acceptors (Lipinski definition) is 3. The van der Waals surface area contributed by atoms with E-state index < -0.39 is 0 Å². The molecule has 0 amide bonds. The van der Waals surface area contributed by atoms with Crippen molar-refractivity contribution in [3.63, 3.8) is 0 Å². The van der Waals surface area contributed by atoms with Crippen molar-refractivity contribution in [3.05, 3.63) is 53.3 Å². The second-order valence-corrected chi connectivity index (χ2v) is 4.56. The Kier molecular flexibility index (Phi) is 2.68. The maximum atomic E-state index is 5.82.